The third-order valence-electron chi connectivity index (χ3n) is 3.50. The number of rotatable bonds is 3. The number of benzene rings is 2. The van der Waals surface area contributed by atoms with Gasteiger partial charge >= 0.3 is 0 Å². The molecule has 0 fully saturated rings. The summed E-state index contributed by atoms with van der Waals surface area (Å²) in [6.07, 6.45) is 1.80. The Hall–Kier alpha value is -1.79. The Kier molecular flexibility index (Phi) is 3.97. The first kappa shape index (κ1) is 15.1. The second-order valence-corrected chi connectivity index (χ2v) is 7.11. The minimum Gasteiger partial charge on any atom is -0.384 e. The predicted molar refractivity (Wildman–Crippen MR) is 85.5 cm³/mol. The maximum absolute atomic E-state index is 13.1. The first-order valence-electron chi connectivity index (χ1n) is 6.81. The highest BCUT2D eigenvalue weighted by Gasteiger charge is 2.23. The van der Waals surface area contributed by atoms with Crippen molar-refractivity contribution in [3.8, 4) is 0 Å². The quantitative estimate of drug-likeness (QED) is 0.896. The lowest BCUT2D eigenvalue weighted by atomic mass is 10.0. The fraction of sp³-hybridized carbons (Fsp3) is 0.200. The van der Waals surface area contributed by atoms with Gasteiger partial charge in [0.05, 0.1) is 16.4 Å². The van der Waals surface area contributed by atoms with E-state index in [1.165, 1.54) is 12.1 Å². The van der Waals surface area contributed by atoms with Crippen molar-refractivity contribution in [3.63, 3.8) is 0 Å². The van der Waals surface area contributed by atoms with Gasteiger partial charge in [0.15, 0.2) is 0 Å². The number of hydrogen-bond acceptors (Lipinski definition) is 3. The second kappa shape index (κ2) is 5.78. The highest BCUT2D eigenvalue weighted by Crippen LogP contribution is 2.32. The van der Waals surface area contributed by atoms with Gasteiger partial charge < -0.3 is 5.32 Å². The molecular weight excluding hydrogens is 327 g/mol. The van der Waals surface area contributed by atoms with Crippen LogP contribution in [0.1, 0.15) is 12.0 Å². The normalized spacial score (nSPS) is 14.1. The van der Waals surface area contributed by atoms with E-state index in [0.717, 1.165) is 37.1 Å². The standard InChI is InChI=1S/C15H14ClFN2O2S/c16-12-9-11(17)6-7-13(12)19-22(20,21)14-5-1-3-10-4-2-8-18-15(10)14/h1,3,5-7,9,18-19H,2,4,8H2. The summed E-state index contributed by atoms with van der Waals surface area (Å²) in [5.41, 5.74) is 1.75. The summed E-state index contributed by atoms with van der Waals surface area (Å²) >= 11 is 5.88. The zero-order valence-electron chi connectivity index (χ0n) is 11.6. The van der Waals surface area contributed by atoms with E-state index in [2.05, 4.69) is 10.0 Å². The van der Waals surface area contributed by atoms with Crippen molar-refractivity contribution in [3.05, 3.63) is 52.8 Å². The Morgan fingerprint density at radius 3 is 2.82 bits per heavy atom. The minimum absolute atomic E-state index is 0.0151. The van der Waals surface area contributed by atoms with E-state index in [-0.39, 0.29) is 15.6 Å². The van der Waals surface area contributed by atoms with Crippen molar-refractivity contribution >= 4 is 33.0 Å². The van der Waals surface area contributed by atoms with Crippen LogP contribution in [0.15, 0.2) is 41.3 Å². The SMILES string of the molecule is O=S(=O)(Nc1ccc(F)cc1Cl)c1cccc2c1NCCC2. The molecule has 116 valence electrons. The van der Waals surface area contributed by atoms with Gasteiger partial charge in [-0.1, -0.05) is 23.7 Å². The summed E-state index contributed by atoms with van der Waals surface area (Å²) < 4.78 is 40.7. The highest BCUT2D eigenvalue weighted by molar-refractivity contribution is 7.93. The fourth-order valence-electron chi connectivity index (χ4n) is 2.47. The molecule has 2 aromatic carbocycles. The molecule has 0 spiro atoms. The maximum atomic E-state index is 13.1. The Labute approximate surface area is 133 Å². The van der Waals surface area contributed by atoms with Crippen molar-refractivity contribution in [2.24, 2.45) is 0 Å². The lowest BCUT2D eigenvalue weighted by Gasteiger charge is -2.21. The minimum atomic E-state index is -3.81. The molecule has 2 aromatic rings. The van der Waals surface area contributed by atoms with Gasteiger partial charge in [0.2, 0.25) is 0 Å². The van der Waals surface area contributed by atoms with Crippen LogP contribution in [-0.2, 0) is 16.4 Å². The topological polar surface area (TPSA) is 58.2 Å². The smallest absolute Gasteiger partial charge is 0.264 e. The molecule has 0 amide bonds. The van der Waals surface area contributed by atoms with Gasteiger partial charge in [0.25, 0.3) is 10.0 Å². The molecule has 1 aliphatic rings. The van der Waals surface area contributed by atoms with Crippen LogP contribution in [0.3, 0.4) is 0 Å². The van der Waals surface area contributed by atoms with Crippen LogP contribution in [0.4, 0.5) is 15.8 Å². The van der Waals surface area contributed by atoms with Crippen LogP contribution in [0, 0.1) is 5.82 Å². The zero-order valence-corrected chi connectivity index (χ0v) is 13.1. The largest absolute Gasteiger partial charge is 0.384 e. The molecule has 0 aromatic heterocycles. The van der Waals surface area contributed by atoms with Crippen molar-refractivity contribution in [1.82, 2.24) is 0 Å². The molecule has 22 heavy (non-hydrogen) atoms. The summed E-state index contributed by atoms with van der Waals surface area (Å²) in [6, 6.07) is 8.69. The molecule has 0 aliphatic carbocycles. The number of aryl methyl sites for hydroxylation is 1. The van der Waals surface area contributed by atoms with E-state index < -0.39 is 15.8 Å². The molecule has 0 atom stereocenters. The van der Waals surface area contributed by atoms with Crippen LogP contribution >= 0.6 is 11.6 Å². The molecule has 4 nitrogen and oxygen atoms in total. The van der Waals surface area contributed by atoms with Crippen molar-refractivity contribution in [2.75, 3.05) is 16.6 Å². The van der Waals surface area contributed by atoms with Crippen molar-refractivity contribution in [1.29, 1.82) is 0 Å². The van der Waals surface area contributed by atoms with E-state index in [4.69, 9.17) is 11.6 Å². The summed E-state index contributed by atoms with van der Waals surface area (Å²) in [6.45, 7) is 0.733. The average molecular weight is 341 g/mol. The van der Waals surface area contributed by atoms with Crippen LogP contribution in [-0.4, -0.2) is 15.0 Å². The lowest BCUT2D eigenvalue weighted by molar-refractivity contribution is 0.600. The summed E-state index contributed by atoms with van der Waals surface area (Å²) in [5, 5.41) is 3.15. The molecule has 0 unspecified atom stereocenters. The van der Waals surface area contributed by atoms with E-state index in [1.54, 1.807) is 6.07 Å². The van der Waals surface area contributed by atoms with E-state index in [9.17, 15) is 12.8 Å². The number of anilines is 2. The fourth-order valence-corrected chi connectivity index (χ4v) is 4.05. The monoisotopic (exact) mass is 340 g/mol. The number of hydrogen-bond donors (Lipinski definition) is 2. The highest BCUT2D eigenvalue weighted by atomic mass is 35.5. The number of nitrogens with one attached hydrogen (secondary N) is 2. The average Bonchev–Trinajstić information content (AvgIpc) is 2.49. The molecule has 0 saturated heterocycles. The molecular formula is C15H14ClFN2O2S. The third-order valence-corrected chi connectivity index (χ3v) is 5.22. The van der Waals surface area contributed by atoms with Crippen molar-refractivity contribution < 1.29 is 12.8 Å². The second-order valence-electron chi connectivity index (χ2n) is 5.05. The predicted octanol–water partition coefficient (Wildman–Crippen LogP) is 3.64. The lowest BCUT2D eigenvalue weighted by Crippen LogP contribution is -2.19. The Bertz CT molecular complexity index is 824. The van der Waals surface area contributed by atoms with Gasteiger partial charge in [0, 0.05) is 6.54 Å². The van der Waals surface area contributed by atoms with Gasteiger partial charge in [-0.3, -0.25) is 4.72 Å². The van der Waals surface area contributed by atoms with E-state index >= 15 is 0 Å². The Balaban J connectivity index is 2.00. The number of para-hydroxylation sites is 1. The number of fused-ring (bicyclic) bond motifs is 1. The number of sulfonamides is 1. The molecule has 1 heterocycles. The summed E-state index contributed by atoms with van der Waals surface area (Å²) in [5.74, 6) is -0.522. The van der Waals surface area contributed by atoms with Crippen molar-refractivity contribution in [2.45, 2.75) is 17.7 Å². The summed E-state index contributed by atoms with van der Waals surface area (Å²) in [7, 11) is -3.81. The molecule has 0 radical (unpaired) electrons. The zero-order chi connectivity index (χ0) is 15.7. The van der Waals surface area contributed by atoms with E-state index in [0.29, 0.717) is 5.69 Å². The molecule has 3 rings (SSSR count). The van der Waals surface area contributed by atoms with Crippen LogP contribution in [0.25, 0.3) is 0 Å². The molecule has 2 N–H and O–H groups in total. The molecule has 7 heteroatoms. The van der Waals surface area contributed by atoms with Crippen LogP contribution in [0.5, 0.6) is 0 Å². The number of halogens is 2. The van der Waals surface area contributed by atoms with Crippen LogP contribution < -0.4 is 10.0 Å². The molecule has 0 saturated carbocycles. The molecule has 1 aliphatic heterocycles. The van der Waals surface area contributed by atoms with Gasteiger partial charge in [0.1, 0.15) is 10.7 Å². The first-order chi connectivity index (χ1) is 10.5. The summed E-state index contributed by atoms with van der Waals surface area (Å²) in [4.78, 5) is 0.171. The maximum Gasteiger partial charge on any atom is 0.264 e. The Morgan fingerprint density at radius 2 is 2.05 bits per heavy atom. The third kappa shape index (κ3) is 2.89. The van der Waals surface area contributed by atoms with Crippen LogP contribution in [0.2, 0.25) is 5.02 Å². The Morgan fingerprint density at radius 1 is 1.23 bits per heavy atom. The van der Waals surface area contributed by atoms with Gasteiger partial charge in [-0.25, -0.2) is 12.8 Å². The van der Waals surface area contributed by atoms with E-state index in [1.807, 2.05) is 6.07 Å². The van der Waals surface area contributed by atoms with Gasteiger partial charge in [-0.05, 0) is 42.7 Å². The van der Waals surface area contributed by atoms with Gasteiger partial charge in [-0.2, -0.15) is 0 Å². The molecule has 0 bridgehead atoms. The van der Waals surface area contributed by atoms with Gasteiger partial charge in [-0.15, -0.1) is 0 Å². The first-order valence-corrected chi connectivity index (χ1v) is 8.67.